The lowest BCUT2D eigenvalue weighted by Gasteiger charge is -2.32. The monoisotopic (exact) mass is 304 g/mol. The second kappa shape index (κ2) is 5.71. The van der Waals surface area contributed by atoms with Crippen LogP contribution >= 0.6 is 0 Å². The molecule has 0 radical (unpaired) electrons. The van der Waals surface area contributed by atoms with Crippen LogP contribution in [0.4, 0.5) is 0 Å². The first kappa shape index (κ1) is 17.0. The predicted molar refractivity (Wildman–Crippen MR) is 87.4 cm³/mol. The molecular formula is C17H25BO4. The first-order valence-electron chi connectivity index (χ1n) is 7.73. The summed E-state index contributed by atoms with van der Waals surface area (Å²) in [6, 6.07) is 7.52. The van der Waals surface area contributed by atoms with Crippen molar-refractivity contribution in [1.82, 2.24) is 0 Å². The van der Waals surface area contributed by atoms with Crippen molar-refractivity contribution in [3.63, 3.8) is 0 Å². The molecule has 1 N–H and O–H groups in total. The molecule has 2 rings (SSSR count). The highest BCUT2D eigenvalue weighted by Gasteiger charge is 2.51. The first-order valence-corrected chi connectivity index (χ1v) is 7.73. The van der Waals surface area contributed by atoms with Crippen LogP contribution in [-0.4, -0.2) is 29.4 Å². The van der Waals surface area contributed by atoms with Gasteiger partial charge in [-0.15, -0.1) is 0 Å². The van der Waals surface area contributed by atoms with Gasteiger partial charge in [-0.05, 0) is 44.6 Å². The van der Waals surface area contributed by atoms with Gasteiger partial charge in [-0.2, -0.15) is 0 Å². The van der Waals surface area contributed by atoms with Gasteiger partial charge in [-0.3, -0.25) is 4.79 Å². The van der Waals surface area contributed by atoms with E-state index in [0.717, 1.165) is 11.0 Å². The van der Waals surface area contributed by atoms with Gasteiger partial charge in [-0.25, -0.2) is 0 Å². The van der Waals surface area contributed by atoms with Crippen molar-refractivity contribution in [1.29, 1.82) is 0 Å². The number of carboxylic acid groups (broad SMARTS) is 1. The van der Waals surface area contributed by atoms with Crippen molar-refractivity contribution < 1.29 is 19.2 Å². The highest BCUT2D eigenvalue weighted by Crippen LogP contribution is 2.36. The molecule has 22 heavy (non-hydrogen) atoms. The van der Waals surface area contributed by atoms with Crippen LogP contribution in [0.2, 0.25) is 0 Å². The highest BCUT2D eigenvalue weighted by atomic mass is 16.7. The summed E-state index contributed by atoms with van der Waals surface area (Å²) < 4.78 is 12.0. The molecule has 1 heterocycles. The zero-order valence-corrected chi connectivity index (χ0v) is 14.2. The summed E-state index contributed by atoms with van der Waals surface area (Å²) in [4.78, 5) is 11.4. The van der Waals surface area contributed by atoms with Gasteiger partial charge in [0.1, 0.15) is 0 Å². The molecule has 0 saturated carbocycles. The van der Waals surface area contributed by atoms with Crippen molar-refractivity contribution in [2.75, 3.05) is 0 Å². The molecule has 1 aliphatic heterocycles. The van der Waals surface area contributed by atoms with E-state index in [1.54, 1.807) is 0 Å². The molecule has 1 saturated heterocycles. The third-order valence-corrected chi connectivity index (χ3v) is 4.75. The van der Waals surface area contributed by atoms with Crippen molar-refractivity contribution in [2.24, 2.45) is 5.92 Å². The van der Waals surface area contributed by atoms with Crippen LogP contribution < -0.4 is 5.46 Å². The van der Waals surface area contributed by atoms with Crippen molar-refractivity contribution >= 4 is 18.6 Å². The van der Waals surface area contributed by atoms with E-state index >= 15 is 0 Å². The van der Waals surface area contributed by atoms with Crippen LogP contribution in [0, 0.1) is 5.92 Å². The lowest BCUT2D eigenvalue weighted by atomic mass is 9.77. The summed E-state index contributed by atoms with van der Waals surface area (Å²) in [5.74, 6) is -1.24. The van der Waals surface area contributed by atoms with E-state index in [0.29, 0.717) is 0 Å². The lowest BCUT2D eigenvalue weighted by molar-refractivity contribution is -0.139. The summed E-state index contributed by atoms with van der Waals surface area (Å²) in [6.07, 6.45) is 0. The van der Waals surface area contributed by atoms with Gasteiger partial charge in [0.2, 0.25) is 0 Å². The fourth-order valence-corrected chi connectivity index (χ4v) is 2.65. The number of hydrogen-bond donors (Lipinski definition) is 1. The minimum Gasteiger partial charge on any atom is -0.481 e. The second-order valence-electron chi connectivity index (χ2n) is 7.31. The van der Waals surface area contributed by atoms with Crippen LogP contribution in [0.5, 0.6) is 0 Å². The second-order valence-corrected chi connectivity index (χ2v) is 7.31. The van der Waals surface area contributed by atoms with Crippen molar-refractivity contribution in [2.45, 2.75) is 58.7 Å². The zero-order valence-electron chi connectivity index (χ0n) is 14.2. The maximum Gasteiger partial charge on any atom is 0.494 e. The summed E-state index contributed by atoms with van der Waals surface area (Å²) in [5.41, 5.74) is 0.966. The molecule has 1 fully saturated rings. The standard InChI is InChI=1S/C17H25BO4/c1-11(2)14(15(19)20)12-7-9-13(10-8-12)18-21-16(3,4)17(5,6)22-18/h7-11,14H,1-6H3,(H,19,20). The summed E-state index contributed by atoms with van der Waals surface area (Å²) in [7, 11) is -0.415. The van der Waals surface area contributed by atoms with E-state index < -0.39 is 19.0 Å². The van der Waals surface area contributed by atoms with E-state index in [2.05, 4.69) is 0 Å². The predicted octanol–water partition coefficient (Wildman–Crippen LogP) is 2.81. The Hall–Kier alpha value is -1.33. The Labute approximate surface area is 133 Å². The van der Waals surface area contributed by atoms with Gasteiger partial charge in [0.05, 0.1) is 17.1 Å². The summed E-state index contributed by atoms with van der Waals surface area (Å²) >= 11 is 0. The molecule has 5 heteroatoms. The van der Waals surface area contributed by atoms with Gasteiger partial charge in [0, 0.05) is 0 Å². The van der Waals surface area contributed by atoms with Crippen LogP contribution in [0.15, 0.2) is 24.3 Å². The van der Waals surface area contributed by atoms with Crippen LogP contribution in [-0.2, 0) is 14.1 Å². The Morgan fingerprint density at radius 2 is 1.50 bits per heavy atom. The quantitative estimate of drug-likeness (QED) is 0.869. The molecule has 1 aromatic rings. The molecule has 1 aromatic carbocycles. The lowest BCUT2D eigenvalue weighted by Crippen LogP contribution is -2.41. The van der Waals surface area contributed by atoms with E-state index in [4.69, 9.17) is 9.31 Å². The SMILES string of the molecule is CC(C)C(C(=O)O)c1ccc(B2OC(C)(C)C(C)(C)O2)cc1. The maximum atomic E-state index is 11.4. The molecule has 0 amide bonds. The van der Waals surface area contributed by atoms with E-state index in [1.807, 2.05) is 65.8 Å². The molecule has 120 valence electrons. The number of carbonyl (C=O) groups is 1. The van der Waals surface area contributed by atoms with Gasteiger partial charge < -0.3 is 14.4 Å². The Bertz CT molecular complexity index is 532. The Balaban J connectivity index is 2.22. The third kappa shape index (κ3) is 3.06. The van der Waals surface area contributed by atoms with Gasteiger partial charge in [0.25, 0.3) is 0 Å². The summed E-state index contributed by atoms with van der Waals surface area (Å²) in [5, 5.41) is 9.37. The van der Waals surface area contributed by atoms with Crippen LogP contribution in [0.1, 0.15) is 53.0 Å². The van der Waals surface area contributed by atoms with Crippen molar-refractivity contribution in [3.8, 4) is 0 Å². The highest BCUT2D eigenvalue weighted by molar-refractivity contribution is 6.62. The van der Waals surface area contributed by atoms with Crippen molar-refractivity contribution in [3.05, 3.63) is 29.8 Å². The summed E-state index contributed by atoms with van der Waals surface area (Å²) in [6.45, 7) is 11.9. The van der Waals surface area contributed by atoms with Crippen LogP contribution in [0.25, 0.3) is 0 Å². The van der Waals surface area contributed by atoms with Gasteiger partial charge >= 0.3 is 13.1 Å². The van der Waals surface area contributed by atoms with Crippen LogP contribution in [0.3, 0.4) is 0 Å². The Kier molecular flexibility index (Phi) is 4.42. The van der Waals surface area contributed by atoms with Gasteiger partial charge in [-0.1, -0.05) is 38.1 Å². The molecule has 0 aromatic heterocycles. The molecule has 1 unspecified atom stereocenters. The topological polar surface area (TPSA) is 55.8 Å². The number of rotatable bonds is 4. The largest absolute Gasteiger partial charge is 0.494 e. The number of hydrogen-bond acceptors (Lipinski definition) is 3. The third-order valence-electron chi connectivity index (χ3n) is 4.75. The fraction of sp³-hybridized carbons (Fsp3) is 0.588. The molecular weight excluding hydrogens is 279 g/mol. The number of aliphatic carboxylic acids is 1. The number of benzene rings is 1. The average Bonchev–Trinajstić information content (AvgIpc) is 2.58. The molecule has 0 aliphatic carbocycles. The van der Waals surface area contributed by atoms with E-state index in [-0.39, 0.29) is 17.1 Å². The average molecular weight is 304 g/mol. The Morgan fingerprint density at radius 1 is 1.05 bits per heavy atom. The maximum absolute atomic E-state index is 11.4. The smallest absolute Gasteiger partial charge is 0.481 e. The molecule has 1 aliphatic rings. The normalized spacial score (nSPS) is 21.1. The van der Waals surface area contributed by atoms with E-state index in [1.165, 1.54) is 0 Å². The molecule has 0 bridgehead atoms. The zero-order chi connectivity index (χ0) is 16.7. The minimum atomic E-state index is -0.793. The Morgan fingerprint density at radius 3 is 1.86 bits per heavy atom. The number of carboxylic acids is 1. The van der Waals surface area contributed by atoms with Gasteiger partial charge in [0.15, 0.2) is 0 Å². The molecule has 0 spiro atoms. The molecule has 1 atom stereocenters. The fourth-order valence-electron chi connectivity index (χ4n) is 2.65. The van der Waals surface area contributed by atoms with E-state index in [9.17, 15) is 9.90 Å². The molecule has 4 nitrogen and oxygen atoms in total. The first-order chi connectivity index (χ1) is 10.0. The minimum absolute atomic E-state index is 0.0418.